The Morgan fingerprint density at radius 3 is 2.41 bits per heavy atom. The Morgan fingerprint density at radius 1 is 1.00 bits per heavy atom. The molecule has 1 saturated carbocycles. The summed E-state index contributed by atoms with van der Waals surface area (Å²) in [5, 5.41) is 0. The van der Waals surface area contributed by atoms with Gasteiger partial charge in [0.05, 0.1) is 0 Å². The summed E-state index contributed by atoms with van der Waals surface area (Å²) in [6, 6.07) is 14.9. The van der Waals surface area contributed by atoms with E-state index < -0.39 is 0 Å². The third kappa shape index (κ3) is 3.30. The molecule has 0 amide bonds. The Hall–Kier alpha value is -1.87. The number of hydrogen-bond acceptors (Lipinski definition) is 2. The number of hydrogen-bond donors (Lipinski definition) is 1. The van der Waals surface area contributed by atoms with Gasteiger partial charge in [-0.05, 0) is 36.1 Å². The van der Waals surface area contributed by atoms with E-state index in [0.717, 1.165) is 36.8 Å². The van der Waals surface area contributed by atoms with Gasteiger partial charge in [0.1, 0.15) is 6.61 Å². The first-order chi connectivity index (χ1) is 10.7. The first kappa shape index (κ1) is 15.0. The number of halogens is 1. The standard InChI is InChI=1S/C19H22FNO/c20-17-13-16(19(21)11-5-2-6-12-19)9-10-18(17)22-14-15-7-3-1-4-8-15/h1,3-4,7-10,13H,2,5-6,11-12,14,21H2. The summed E-state index contributed by atoms with van der Waals surface area (Å²) in [5.41, 5.74) is 7.99. The van der Waals surface area contributed by atoms with Crippen LogP contribution in [0, 0.1) is 5.82 Å². The fraction of sp³-hybridized carbons (Fsp3) is 0.368. The van der Waals surface area contributed by atoms with E-state index in [4.69, 9.17) is 10.5 Å². The van der Waals surface area contributed by atoms with E-state index in [9.17, 15) is 4.39 Å². The maximum atomic E-state index is 14.3. The van der Waals surface area contributed by atoms with Crippen molar-refractivity contribution in [3.05, 3.63) is 65.5 Å². The maximum absolute atomic E-state index is 14.3. The maximum Gasteiger partial charge on any atom is 0.165 e. The van der Waals surface area contributed by atoms with Crippen molar-refractivity contribution in [3.63, 3.8) is 0 Å². The molecule has 3 heteroatoms. The van der Waals surface area contributed by atoms with Crippen LogP contribution in [0.2, 0.25) is 0 Å². The van der Waals surface area contributed by atoms with Crippen molar-refractivity contribution in [2.24, 2.45) is 5.73 Å². The molecule has 0 saturated heterocycles. The molecule has 0 atom stereocenters. The molecular formula is C19H22FNO. The average Bonchev–Trinajstić information content (AvgIpc) is 2.55. The molecule has 2 aromatic rings. The van der Waals surface area contributed by atoms with E-state index >= 15 is 0 Å². The molecule has 0 spiro atoms. The van der Waals surface area contributed by atoms with Crippen LogP contribution in [0.15, 0.2) is 48.5 Å². The van der Waals surface area contributed by atoms with Gasteiger partial charge in [-0.25, -0.2) is 4.39 Å². The highest BCUT2D eigenvalue weighted by Gasteiger charge is 2.30. The van der Waals surface area contributed by atoms with Crippen LogP contribution >= 0.6 is 0 Å². The van der Waals surface area contributed by atoms with Gasteiger partial charge in [-0.1, -0.05) is 55.7 Å². The van der Waals surface area contributed by atoms with Gasteiger partial charge in [0.2, 0.25) is 0 Å². The van der Waals surface area contributed by atoms with Gasteiger partial charge in [0.15, 0.2) is 11.6 Å². The van der Waals surface area contributed by atoms with E-state index in [1.165, 1.54) is 6.42 Å². The zero-order chi connectivity index (χ0) is 15.4. The second kappa shape index (κ2) is 6.49. The van der Waals surface area contributed by atoms with Crippen LogP contribution in [0.1, 0.15) is 43.2 Å². The monoisotopic (exact) mass is 299 g/mol. The van der Waals surface area contributed by atoms with Crippen molar-refractivity contribution in [2.45, 2.75) is 44.2 Å². The van der Waals surface area contributed by atoms with Gasteiger partial charge in [-0.2, -0.15) is 0 Å². The second-order valence-electron chi connectivity index (χ2n) is 6.14. The molecule has 2 nitrogen and oxygen atoms in total. The van der Waals surface area contributed by atoms with Crippen LogP contribution in [-0.4, -0.2) is 0 Å². The van der Waals surface area contributed by atoms with Crippen LogP contribution in [0.3, 0.4) is 0 Å². The van der Waals surface area contributed by atoms with E-state index in [2.05, 4.69) is 0 Å². The van der Waals surface area contributed by atoms with E-state index in [1.807, 2.05) is 36.4 Å². The van der Waals surface area contributed by atoms with Crippen LogP contribution in [0.25, 0.3) is 0 Å². The molecule has 1 fully saturated rings. The molecule has 2 N–H and O–H groups in total. The molecule has 0 bridgehead atoms. The van der Waals surface area contributed by atoms with Gasteiger partial charge >= 0.3 is 0 Å². The third-order valence-corrected chi connectivity index (χ3v) is 4.49. The minimum absolute atomic E-state index is 0.284. The fourth-order valence-electron chi connectivity index (χ4n) is 3.13. The predicted octanol–water partition coefficient (Wildman–Crippen LogP) is 4.52. The molecule has 0 heterocycles. The van der Waals surface area contributed by atoms with Gasteiger partial charge < -0.3 is 10.5 Å². The highest BCUT2D eigenvalue weighted by atomic mass is 19.1. The summed E-state index contributed by atoms with van der Waals surface area (Å²) < 4.78 is 19.9. The fourth-order valence-corrected chi connectivity index (χ4v) is 3.13. The number of nitrogens with two attached hydrogens (primary N) is 1. The normalized spacial score (nSPS) is 17.2. The number of ether oxygens (including phenoxy) is 1. The van der Waals surface area contributed by atoms with Crippen molar-refractivity contribution >= 4 is 0 Å². The molecular weight excluding hydrogens is 277 g/mol. The Bertz CT molecular complexity index is 621. The van der Waals surface area contributed by atoms with Gasteiger partial charge in [-0.15, -0.1) is 0 Å². The molecule has 0 aliphatic heterocycles. The predicted molar refractivity (Wildman–Crippen MR) is 86.1 cm³/mol. The smallest absolute Gasteiger partial charge is 0.165 e. The first-order valence-corrected chi connectivity index (χ1v) is 7.93. The Morgan fingerprint density at radius 2 is 1.73 bits per heavy atom. The minimum atomic E-state index is -0.378. The Balaban J connectivity index is 1.72. The zero-order valence-corrected chi connectivity index (χ0v) is 12.7. The topological polar surface area (TPSA) is 35.2 Å². The van der Waals surface area contributed by atoms with E-state index in [-0.39, 0.29) is 17.1 Å². The van der Waals surface area contributed by atoms with Crippen LogP contribution in [0.4, 0.5) is 4.39 Å². The third-order valence-electron chi connectivity index (χ3n) is 4.49. The SMILES string of the molecule is NC1(c2ccc(OCc3ccccc3)c(F)c2)CCCCC1. The van der Waals surface area contributed by atoms with E-state index in [0.29, 0.717) is 6.61 Å². The van der Waals surface area contributed by atoms with Crippen molar-refractivity contribution in [3.8, 4) is 5.75 Å². The van der Waals surface area contributed by atoms with Gasteiger partial charge in [0, 0.05) is 5.54 Å². The molecule has 0 unspecified atom stereocenters. The van der Waals surface area contributed by atoms with Crippen molar-refractivity contribution < 1.29 is 9.13 Å². The zero-order valence-electron chi connectivity index (χ0n) is 12.7. The lowest BCUT2D eigenvalue weighted by molar-refractivity contribution is 0.284. The summed E-state index contributed by atoms with van der Waals surface area (Å²) in [5.74, 6) is -0.0455. The quantitative estimate of drug-likeness (QED) is 0.900. The van der Waals surface area contributed by atoms with Crippen molar-refractivity contribution in [2.75, 3.05) is 0 Å². The Labute approximate surface area is 131 Å². The number of rotatable bonds is 4. The van der Waals surface area contributed by atoms with Gasteiger partial charge in [0.25, 0.3) is 0 Å². The summed E-state index contributed by atoms with van der Waals surface area (Å²) in [4.78, 5) is 0. The first-order valence-electron chi connectivity index (χ1n) is 7.93. The van der Waals surface area contributed by atoms with Crippen molar-refractivity contribution in [1.29, 1.82) is 0 Å². The molecule has 1 aliphatic carbocycles. The molecule has 22 heavy (non-hydrogen) atoms. The average molecular weight is 299 g/mol. The largest absolute Gasteiger partial charge is 0.486 e. The minimum Gasteiger partial charge on any atom is -0.486 e. The second-order valence-corrected chi connectivity index (χ2v) is 6.14. The lowest BCUT2D eigenvalue weighted by Crippen LogP contribution is -2.38. The number of benzene rings is 2. The molecule has 3 rings (SSSR count). The van der Waals surface area contributed by atoms with Crippen LogP contribution in [0.5, 0.6) is 5.75 Å². The molecule has 0 radical (unpaired) electrons. The molecule has 116 valence electrons. The summed E-state index contributed by atoms with van der Waals surface area (Å²) in [6.45, 7) is 0.366. The lowest BCUT2D eigenvalue weighted by atomic mass is 9.77. The molecule has 2 aromatic carbocycles. The highest BCUT2D eigenvalue weighted by Crippen LogP contribution is 2.36. The summed E-state index contributed by atoms with van der Waals surface area (Å²) in [7, 11) is 0. The highest BCUT2D eigenvalue weighted by molar-refractivity contribution is 5.34. The van der Waals surface area contributed by atoms with Crippen molar-refractivity contribution in [1.82, 2.24) is 0 Å². The van der Waals surface area contributed by atoms with Crippen LogP contribution in [-0.2, 0) is 12.1 Å². The molecule has 1 aliphatic rings. The summed E-state index contributed by atoms with van der Waals surface area (Å²) in [6.07, 6.45) is 5.31. The molecule has 0 aromatic heterocycles. The Kier molecular flexibility index (Phi) is 4.44. The van der Waals surface area contributed by atoms with Gasteiger partial charge in [-0.3, -0.25) is 0 Å². The van der Waals surface area contributed by atoms with Crippen LogP contribution < -0.4 is 10.5 Å². The summed E-state index contributed by atoms with van der Waals surface area (Å²) >= 11 is 0. The van der Waals surface area contributed by atoms with E-state index in [1.54, 1.807) is 12.1 Å². The lowest BCUT2D eigenvalue weighted by Gasteiger charge is -2.34.